The highest BCUT2D eigenvalue weighted by molar-refractivity contribution is 7.86. The van der Waals surface area contributed by atoms with E-state index >= 15 is 0 Å². The summed E-state index contributed by atoms with van der Waals surface area (Å²) in [5.74, 6) is -1.36. The molecule has 0 bridgehead atoms. The lowest BCUT2D eigenvalue weighted by Gasteiger charge is -2.39. The molecule has 2 atom stereocenters. The zero-order valence-electron chi connectivity index (χ0n) is 18.2. The van der Waals surface area contributed by atoms with Crippen molar-refractivity contribution in [2.45, 2.75) is 70.7 Å². The van der Waals surface area contributed by atoms with E-state index in [-0.39, 0.29) is 23.1 Å². The second kappa shape index (κ2) is 9.52. The Labute approximate surface area is 170 Å². The van der Waals surface area contributed by atoms with Crippen LogP contribution in [0.5, 0.6) is 0 Å². The maximum absolute atomic E-state index is 12.5. The molecule has 0 N–H and O–H groups in total. The van der Waals surface area contributed by atoms with E-state index in [4.69, 9.17) is 13.3 Å². The van der Waals surface area contributed by atoms with Crippen LogP contribution in [0.1, 0.15) is 40.2 Å². The van der Waals surface area contributed by atoms with Gasteiger partial charge in [0.2, 0.25) is 0 Å². The number of ether oxygens (including phenoxy) is 1. The molecule has 0 fully saturated rings. The van der Waals surface area contributed by atoms with Gasteiger partial charge in [-0.1, -0.05) is 38.5 Å². The van der Waals surface area contributed by atoms with Crippen LogP contribution in [-0.2, 0) is 28.3 Å². The van der Waals surface area contributed by atoms with Gasteiger partial charge >= 0.3 is 5.97 Å². The molecule has 0 aliphatic carbocycles. The first-order chi connectivity index (χ1) is 12.7. The van der Waals surface area contributed by atoms with Crippen molar-refractivity contribution >= 4 is 24.4 Å². The van der Waals surface area contributed by atoms with E-state index in [9.17, 15) is 13.2 Å². The highest BCUT2D eigenvalue weighted by Gasteiger charge is 2.41. The third kappa shape index (κ3) is 6.68. The summed E-state index contributed by atoms with van der Waals surface area (Å²) in [4.78, 5) is 12.5. The average molecular weight is 431 g/mol. The lowest BCUT2D eigenvalue weighted by Crippen LogP contribution is -2.47. The molecule has 1 aromatic rings. The molecule has 1 aromatic carbocycles. The summed E-state index contributed by atoms with van der Waals surface area (Å²) in [5, 5.41) is -0.0463. The van der Waals surface area contributed by atoms with Crippen molar-refractivity contribution in [3.63, 3.8) is 0 Å². The zero-order chi connectivity index (χ0) is 21.8. The van der Waals surface area contributed by atoms with Crippen LogP contribution in [0.15, 0.2) is 29.2 Å². The van der Waals surface area contributed by atoms with Crippen molar-refractivity contribution in [1.82, 2.24) is 0 Å². The maximum Gasteiger partial charge on any atom is 0.313 e. The molecule has 0 saturated carbocycles. The Morgan fingerprint density at radius 1 is 1.14 bits per heavy atom. The molecule has 160 valence electrons. The van der Waals surface area contributed by atoms with Gasteiger partial charge in [-0.3, -0.25) is 8.98 Å². The fourth-order valence-electron chi connectivity index (χ4n) is 2.30. The van der Waals surface area contributed by atoms with Crippen molar-refractivity contribution < 1.29 is 26.6 Å². The van der Waals surface area contributed by atoms with Crippen LogP contribution in [0.2, 0.25) is 18.1 Å². The predicted octanol–water partition coefficient (Wildman–Crippen LogP) is 4.29. The van der Waals surface area contributed by atoms with Crippen LogP contribution in [0.25, 0.3) is 0 Å². The summed E-state index contributed by atoms with van der Waals surface area (Å²) >= 11 is 0. The normalized spacial score (nSPS) is 15.1. The number of carbonyl (C=O) groups excluding carboxylic acids is 1. The van der Waals surface area contributed by atoms with Gasteiger partial charge in [0.05, 0.1) is 24.2 Å². The van der Waals surface area contributed by atoms with Crippen LogP contribution >= 0.6 is 0 Å². The standard InChI is InChI=1S/C20H34O6SSi/c1-9-24-19(21)18(16(3)26-28(7,8)20(4,5)6)14-25-27(22,23)17-12-10-15(2)11-13-17/h10-13,16,18H,9,14H2,1-8H3/t16?,18-/m1/s1. The first-order valence-corrected chi connectivity index (χ1v) is 13.8. The molecule has 0 aliphatic heterocycles. The van der Waals surface area contributed by atoms with Crippen LogP contribution in [0.4, 0.5) is 0 Å². The third-order valence-electron chi connectivity index (χ3n) is 5.16. The average Bonchev–Trinajstić information content (AvgIpc) is 2.54. The molecular formula is C20H34O6SSi. The van der Waals surface area contributed by atoms with Gasteiger partial charge in [-0.05, 0) is 51.0 Å². The fourth-order valence-corrected chi connectivity index (χ4v) is 4.68. The largest absolute Gasteiger partial charge is 0.466 e. The Kier molecular flexibility index (Phi) is 8.43. The first kappa shape index (κ1) is 24.8. The lowest BCUT2D eigenvalue weighted by molar-refractivity contribution is -0.152. The van der Waals surface area contributed by atoms with Gasteiger partial charge in [0.25, 0.3) is 10.1 Å². The van der Waals surface area contributed by atoms with Crippen molar-refractivity contribution in [2.24, 2.45) is 5.92 Å². The van der Waals surface area contributed by atoms with Gasteiger partial charge in [0.1, 0.15) is 5.92 Å². The molecule has 0 saturated heterocycles. The van der Waals surface area contributed by atoms with Gasteiger partial charge in [-0.2, -0.15) is 8.42 Å². The Morgan fingerprint density at radius 2 is 1.68 bits per heavy atom. The number of carbonyl (C=O) groups is 1. The smallest absolute Gasteiger partial charge is 0.313 e. The second-order valence-electron chi connectivity index (χ2n) is 8.49. The number of benzene rings is 1. The van der Waals surface area contributed by atoms with Gasteiger partial charge in [0, 0.05) is 0 Å². The zero-order valence-corrected chi connectivity index (χ0v) is 20.1. The highest BCUT2D eigenvalue weighted by atomic mass is 32.2. The number of rotatable bonds is 9. The Hall–Kier alpha value is -1.22. The van der Waals surface area contributed by atoms with E-state index in [0.29, 0.717) is 0 Å². The third-order valence-corrected chi connectivity index (χ3v) is 11.0. The van der Waals surface area contributed by atoms with E-state index < -0.39 is 36.4 Å². The molecule has 8 heteroatoms. The first-order valence-electron chi connectivity index (χ1n) is 9.52. The van der Waals surface area contributed by atoms with Gasteiger partial charge < -0.3 is 9.16 Å². The van der Waals surface area contributed by atoms with Crippen molar-refractivity contribution in [3.8, 4) is 0 Å². The van der Waals surface area contributed by atoms with Gasteiger partial charge in [-0.25, -0.2) is 0 Å². The van der Waals surface area contributed by atoms with E-state index in [2.05, 4.69) is 33.9 Å². The van der Waals surface area contributed by atoms with Crippen LogP contribution in [0, 0.1) is 12.8 Å². The molecule has 0 amide bonds. The van der Waals surface area contributed by atoms with E-state index in [1.807, 2.05) is 6.92 Å². The van der Waals surface area contributed by atoms with Crippen LogP contribution in [0.3, 0.4) is 0 Å². The predicted molar refractivity (Wildman–Crippen MR) is 112 cm³/mol. The molecule has 6 nitrogen and oxygen atoms in total. The number of hydrogen-bond donors (Lipinski definition) is 0. The van der Waals surface area contributed by atoms with Crippen molar-refractivity contribution in [3.05, 3.63) is 29.8 Å². The highest BCUT2D eigenvalue weighted by Crippen LogP contribution is 2.38. The molecule has 0 spiro atoms. The summed E-state index contributed by atoms with van der Waals surface area (Å²) in [6, 6.07) is 6.36. The SMILES string of the molecule is CCOC(=O)[C@H](COS(=O)(=O)c1ccc(C)cc1)C(C)O[Si](C)(C)C(C)(C)C. The van der Waals surface area contributed by atoms with Crippen LogP contribution in [-0.4, -0.2) is 42.0 Å². The summed E-state index contributed by atoms with van der Waals surface area (Å²) in [6.07, 6.45) is -0.534. The maximum atomic E-state index is 12.5. The summed E-state index contributed by atoms with van der Waals surface area (Å²) in [7, 11) is -6.14. The van der Waals surface area contributed by atoms with Gasteiger partial charge in [-0.15, -0.1) is 0 Å². The number of esters is 1. The van der Waals surface area contributed by atoms with E-state index in [0.717, 1.165) is 5.56 Å². The van der Waals surface area contributed by atoms with Crippen molar-refractivity contribution in [2.75, 3.05) is 13.2 Å². The molecule has 0 aliphatic rings. The fraction of sp³-hybridized carbons (Fsp3) is 0.650. The second-order valence-corrected chi connectivity index (χ2v) is 14.9. The topological polar surface area (TPSA) is 78.9 Å². The summed E-state index contributed by atoms with van der Waals surface area (Å²) in [5.41, 5.74) is 0.944. The molecule has 0 heterocycles. The molecule has 28 heavy (non-hydrogen) atoms. The summed E-state index contributed by atoms with van der Waals surface area (Å²) in [6.45, 7) is 15.7. The molecule has 1 rings (SSSR count). The van der Waals surface area contributed by atoms with E-state index in [1.54, 1.807) is 26.0 Å². The van der Waals surface area contributed by atoms with E-state index in [1.165, 1.54) is 12.1 Å². The number of hydrogen-bond acceptors (Lipinski definition) is 6. The Balaban J connectivity index is 2.99. The summed E-state index contributed by atoms with van der Waals surface area (Å²) < 4.78 is 41.6. The van der Waals surface area contributed by atoms with Crippen LogP contribution < -0.4 is 0 Å². The Bertz CT molecular complexity index is 750. The monoisotopic (exact) mass is 430 g/mol. The molecule has 1 unspecified atom stereocenters. The molecule has 0 aromatic heterocycles. The minimum Gasteiger partial charge on any atom is -0.466 e. The Morgan fingerprint density at radius 3 is 2.14 bits per heavy atom. The minimum absolute atomic E-state index is 0.0463. The minimum atomic E-state index is -3.98. The molecule has 0 radical (unpaired) electrons. The molecular weight excluding hydrogens is 396 g/mol. The van der Waals surface area contributed by atoms with Crippen molar-refractivity contribution in [1.29, 1.82) is 0 Å². The lowest BCUT2D eigenvalue weighted by atomic mass is 10.1. The number of aryl methyl sites for hydroxylation is 1. The van der Waals surface area contributed by atoms with Gasteiger partial charge in [0.15, 0.2) is 8.32 Å². The quantitative estimate of drug-likeness (QED) is 0.330.